The van der Waals surface area contributed by atoms with Gasteiger partial charge in [0.2, 0.25) is 0 Å². The lowest BCUT2D eigenvalue weighted by atomic mass is 10.6. The van der Waals surface area contributed by atoms with Crippen molar-refractivity contribution in [1.82, 2.24) is 9.78 Å². The molecule has 0 amide bonds. The molecule has 0 aliphatic heterocycles. The van der Waals surface area contributed by atoms with Crippen LogP contribution in [0.5, 0.6) is 5.88 Å². The number of anilines is 1. The maximum atomic E-state index is 5.61. The van der Waals surface area contributed by atoms with E-state index in [1.165, 1.54) is 0 Å². The van der Waals surface area contributed by atoms with Crippen LogP contribution in [0.1, 0.15) is 6.92 Å². The van der Waals surface area contributed by atoms with E-state index in [4.69, 9.17) is 15.2 Å². The molecule has 0 aromatic carbocycles. The minimum atomic E-state index is 0.474. The fourth-order valence-corrected chi connectivity index (χ4v) is 0.940. The number of aromatic nitrogens is 2. The molecule has 5 nitrogen and oxygen atoms in total. The van der Waals surface area contributed by atoms with Crippen LogP contribution in [0.15, 0.2) is 6.20 Å². The smallest absolute Gasteiger partial charge is 0.256 e. The lowest BCUT2D eigenvalue weighted by Crippen LogP contribution is -2.07. The Bertz CT molecular complexity index is 260. The minimum Gasteiger partial charge on any atom is -0.473 e. The van der Waals surface area contributed by atoms with Crippen molar-refractivity contribution >= 4 is 5.69 Å². The summed E-state index contributed by atoms with van der Waals surface area (Å²) in [5.74, 6) is 0.474. The first kappa shape index (κ1) is 9.85. The lowest BCUT2D eigenvalue weighted by molar-refractivity contribution is 0.108. The van der Waals surface area contributed by atoms with Crippen molar-refractivity contribution in [3.05, 3.63) is 6.20 Å². The molecule has 0 fully saturated rings. The fourth-order valence-electron chi connectivity index (χ4n) is 0.940. The molecule has 5 heteroatoms. The number of ether oxygens (including phenoxy) is 2. The SMILES string of the molecule is CCOCCOc1nn(C)cc1N. The monoisotopic (exact) mass is 185 g/mol. The fraction of sp³-hybridized carbons (Fsp3) is 0.625. The first-order chi connectivity index (χ1) is 6.24. The normalized spacial score (nSPS) is 10.3. The highest BCUT2D eigenvalue weighted by Crippen LogP contribution is 2.16. The molecule has 0 radical (unpaired) electrons. The summed E-state index contributed by atoms with van der Waals surface area (Å²) in [4.78, 5) is 0. The highest BCUT2D eigenvalue weighted by Gasteiger charge is 2.03. The summed E-state index contributed by atoms with van der Waals surface area (Å²) in [6.45, 7) is 3.68. The minimum absolute atomic E-state index is 0.474. The van der Waals surface area contributed by atoms with Crippen LogP contribution in [0.2, 0.25) is 0 Å². The third-order valence-electron chi connectivity index (χ3n) is 1.49. The van der Waals surface area contributed by atoms with Gasteiger partial charge in [-0.05, 0) is 6.92 Å². The average molecular weight is 185 g/mol. The summed E-state index contributed by atoms with van der Waals surface area (Å²) in [6.07, 6.45) is 1.70. The molecule has 1 heterocycles. The Kier molecular flexibility index (Phi) is 3.57. The van der Waals surface area contributed by atoms with E-state index in [0.29, 0.717) is 31.4 Å². The molecule has 0 atom stereocenters. The molecule has 1 aromatic heterocycles. The highest BCUT2D eigenvalue weighted by atomic mass is 16.5. The second kappa shape index (κ2) is 4.71. The van der Waals surface area contributed by atoms with E-state index >= 15 is 0 Å². The van der Waals surface area contributed by atoms with Crippen molar-refractivity contribution < 1.29 is 9.47 Å². The van der Waals surface area contributed by atoms with Gasteiger partial charge >= 0.3 is 0 Å². The molecule has 0 aliphatic rings. The molecule has 0 bridgehead atoms. The van der Waals surface area contributed by atoms with E-state index < -0.39 is 0 Å². The molecule has 0 unspecified atom stereocenters. The van der Waals surface area contributed by atoms with E-state index in [0.717, 1.165) is 0 Å². The maximum absolute atomic E-state index is 5.61. The average Bonchev–Trinajstić information content (AvgIpc) is 2.39. The third-order valence-corrected chi connectivity index (χ3v) is 1.49. The number of aryl methyl sites for hydroxylation is 1. The van der Waals surface area contributed by atoms with E-state index in [-0.39, 0.29) is 0 Å². The highest BCUT2D eigenvalue weighted by molar-refractivity contribution is 5.45. The Morgan fingerprint density at radius 2 is 2.31 bits per heavy atom. The first-order valence-corrected chi connectivity index (χ1v) is 4.23. The van der Waals surface area contributed by atoms with Gasteiger partial charge in [-0.3, -0.25) is 4.68 Å². The second-order valence-electron chi connectivity index (χ2n) is 2.61. The number of nitrogens with zero attached hydrogens (tertiary/aromatic N) is 2. The number of nitrogen functional groups attached to an aromatic ring is 1. The van der Waals surface area contributed by atoms with Crippen molar-refractivity contribution in [2.24, 2.45) is 7.05 Å². The van der Waals surface area contributed by atoms with E-state index in [1.807, 2.05) is 6.92 Å². The molecular weight excluding hydrogens is 170 g/mol. The molecular formula is C8H15N3O2. The molecule has 1 rings (SSSR count). The van der Waals surface area contributed by atoms with Gasteiger partial charge in [0.15, 0.2) is 0 Å². The second-order valence-corrected chi connectivity index (χ2v) is 2.61. The lowest BCUT2D eigenvalue weighted by Gasteiger charge is -2.02. The summed E-state index contributed by atoms with van der Waals surface area (Å²) in [6, 6.07) is 0. The van der Waals surface area contributed by atoms with Gasteiger partial charge in [0.1, 0.15) is 12.3 Å². The molecule has 74 valence electrons. The molecule has 0 aliphatic carbocycles. The number of hydrogen-bond acceptors (Lipinski definition) is 4. The predicted octanol–water partition coefficient (Wildman–Crippen LogP) is 0.418. The summed E-state index contributed by atoms with van der Waals surface area (Å²) in [5, 5.41) is 4.02. The summed E-state index contributed by atoms with van der Waals surface area (Å²) in [5.41, 5.74) is 6.16. The molecule has 13 heavy (non-hydrogen) atoms. The van der Waals surface area contributed by atoms with Crippen molar-refractivity contribution in [3.8, 4) is 5.88 Å². The summed E-state index contributed by atoms with van der Waals surface area (Å²) < 4.78 is 12.0. The van der Waals surface area contributed by atoms with Crippen LogP contribution in [-0.2, 0) is 11.8 Å². The first-order valence-electron chi connectivity index (χ1n) is 4.23. The van der Waals surface area contributed by atoms with Crippen molar-refractivity contribution in [3.63, 3.8) is 0 Å². The molecule has 2 N–H and O–H groups in total. The van der Waals surface area contributed by atoms with Gasteiger partial charge in [-0.25, -0.2) is 0 Å². The van der Waals surface area contributed by atoms with Gasteiger partial charge in [0.05, 0.1) is 12.8 Å². The molecule has 0 spiro atoms. The Morgan fingerprint density at radius 1 is 1.54 bits per heavy atom. The van der Waals surface area contributed by atoms with Crippen LogP contribution in [0, 0.1) is 0 Å². The van der Waals surface area contributed by atoms with E-state index in [1.54, 1.807) is 17.9 Å². The van der Waals surface area contributed by atoms with Gasteiger partial charge in [0.25, 0.3) is 5.88 Å². The van der Waals surface area contributed by atoms with E-state index in [2.05, 4.69) is 5.10 Å². The van der Waals surface area contributed by atoms with Crippen molar-refractivity contribution in [2.45, 2.75) is 6.92 Å². The zero-order valence-corrected chi connectivity index (χ0v) is 7.99. The van der Waals surface area contributed by atoms with Crippen LogP contribution in [0.4, 0.5) is 5.69 Å². The zero-order valence-electron chi connectivity index (χ0n) is 7.99. The van der Waals surface area contributed by atoms with Crippen molar-refractivity contribution in [2.75, 3.05) is 25.6 Å². The Morgan fingerprint density at radius 3 is 2.85 bits per heavy atom. The van der Waals surface area contributed by atoms with E-state index in [9.17, 15) is 0 Å². The summed E-state index contributed by atoms with van der Waals surface area (Å²) >= 11 is 0. The Balaban J connectivity index is 2.32. The van der Waals surface area contributed by atoms with Gasteiger partial charge in [-0.2, -0.15) is 0 Å². The molecule has 0 saturated carbocycles. The van der Waals surface area contributed by atoms with Gasteiger partial charge in [-0.15, -0.1) is 5.10 Å². The maximum Gasteiger partial charge on any atom is 0.256 e. The van der Waals surface area contributed by atoms with Crippen LogP contribution < -0.4 is 10.5 Å². The van der Waals surface area contributed by atoms with Crippen molar-refractivity contribution in [1.29, 1.82) is 0 Å². The largest absolute Gasteiger partial charge is 0.473 e. The van der Waals surface area contributed by atoms with Gasteiger partial charge in [0, 0.05) is 13.7 Å². The standard InChI is InChI=1S/C8H15N3O2/c1-3-12-4-5-13-8-7(9)6-11(2)10-8/h6H,3-5,9H2,1-2H3. The van der Waals surface area contributed by atoms with Crippen LogP contribution in [0.25, 0.3) is 0 Å². The zero-order chi connectivity index (χ0) is 9.68. The number of hydrogen-bond donors (Lipinski definition) is 1. The number of nitrogens with two attached hydrogens (primary N) is 1. The van der Waals surface area contributed by atoms with Crippen LogP contribution in [-0.4, -0.2) is 29.6 Å². The van der Waals surface area contributed by atoms with Crippen LogP contribution in [0.3, 0.4) is 0 Å². The molecule has 1 aromatic rings. The third kappa shape index (κ3) is 2.95. The van der Waals surface area contributed by atoms with Crippen LogP contribution >= 0.6 is 0 Å². The predicted molar refractivity (Wildman–Crippen MR) is 49.6 cm³/mol. The topological polar surface area (TPSA) is 62.3 Å². The quantitative estimate of drug-likeness (QED) is 0.675. The Labute approximate surface area is 77.4 Å². The number of rotatable bonds is 5. The Hall–Kier alpha value is -1.23. The van der Waals surface area contributed by atoms with Gasteiger partial charge in [-0.1, -0.05) is 0 Å². The molecule has 0 saturated heterocycles. The van der Waals surface area contributed by atoms with Gasteiger partial charge < -0.3 is 15.2 Å². The summed E-state index contributed by atoms with van der Waals surface area (Å²) in [7, 11) is 1.80.